The van der Waals surface area contributed by atoms with E-state index in [2.05, 4.69) is 29.6 Å². The van der Waals surface area contributed by atoms with E-state index in [9.17, 15) is 0 Å². The van der Waals surface area contributed by atoms with Gasteiger partial charge in [-0.1, -0.05) is 6.07 Å². The van der Waals surface area contributed by atoms with Crippen LogP contribution in [0.5, 0.6) is 0 Å². The van der Waals surface area contributed by atoms with Gasteiger partial charge in [0.05, 0.1) is 19.3 Å². The maximum absolute atomic E-state index is 9.14. The van der Waals surface area contributed by atoms with Crippen molar-refractivity contribution in [3.63, 3.8) is 0 Å². The third-order valence-corrected chi connectivity index (χ3v) is 3.97. The number of hydrogen-bond acceptors (Lipinski definition) is 3. The van der Waals surface area contributed by atoms with Crippen molar-refractivity contribution < 1.29 is 4.74 Å². The van der Waals surface area contributed by atoms with Crippen LogP contribution in [0.3, 0.4) is 0 Å². The molecule has 94 valence electrons. The topological polar surface area (TPSA) is 45.0 Å². The third-order valence-electron chi connectivity index (χ3n) is 3.97. The molecule has 1 aliphatic carbocycles. The van der Waals surface area contributed by atoms with Crippen molar-refractivity contribution >= 4 is 5.69 Å². The van der Waals surface area contributed by atoms with E-state index in [-0.39, 0.29) is 5.41 Å². The van der Waals surface area contributed by atoms with Crippen LogP contribution in [0, 0.1) is 16.7 Å². The molecule has 3 rings (SSSR count). The van der Waals surface area contributed by atoms with Gasteiger partial charge < -0.3 is 10.1 Å². The summed E-state index contributed by atoms with van der Waals surface area (Å²) < 4.78 is 5.15. The van der Waals surface area contributed by atoms with E-state index in [1.54, 1.807) is 0 Å². The Hall–Kier alpha value is -1.53. The van der Waals surface area contributed by atoms with E-state index >= 15 is 0 Å². The highest BCUT2D eigenvalue weighted by molar-refractivity contribution is 5.50. The molecular weight excluding hydrogens is 224 g/mol. The lowest BCUT2D eigenvalue weighted by Gasteiger charge is -2.35. The van der Waals surface area contributed by atoms with Gasteiger partial charge in [-0.15, -0.1) is 0 Å². The number of rotatable bonds is 3. The molecule has 18 heavy (non-hydrogen) atoms. The fourth-order valence-corrected chi connectivity index (χ4v) is 2.67. The van der Waals surface area contributed by atoms with E-state index in [4.69, 9.17) is 10.00 Å². The lowest BCUT2D eigenvalue weighted by atomic mass is 9.87. The van der Waals surface area contributed by atoms with Gasteiger partial charge >= 0.3 is 0 Å². The number of hydrogen-bond donors (Lipinski definition) is 1. The molecule has 1 saturated heterocycles. The Morgan fingerprint density at radius 2 is 2.00 bits per heavy atom. The summed E-state index contributed by atoms with van der Waals surface area (Å²) in [5, 5.41) is 12.5. The van der Waals surface area contributed by atoms with Gasteiger partial charge in [0.2, 0.25) is 0 Å². The molecule has 0 unspecified atom stereocenters. The minimum atomic E-state index is -0.310. The fourth-order valence-electron chi connectivity index (χ4n) is 2.67. The number of ether oxygens (including phenoxy) is 1. The molecule has 0 bridgehead atoms. The van der Waals surface area contributed by atoms with Crippen LogP contribution in [0.15, 0.2) is 18.2 Å². The van der Waals surface area contributed by atoms with E-state index in [1.165, 1.54) is 36.8 Å². The highest BCUT2D eigenvalue weighted by atomic mass is 16.5. The molecule has 0 amide bonds. The summed E-state index contributed by atoms with van der Waals surface area (Å²) in [6.07, 6.45) is 5.02. The molecule has 1 aromatic rings. The predicted octanol–water partition coefficient (Wildman–Crippen LogP) is 2.52. The molecule has 1 fully saturated rings. The Bertz CT molecular complexity index is 486. The average Bonchev–Trinajstić information content (AvgIpc) is 2.38. The number of anilines is 1. The van der Waals surface area contributed by atoms with Crippen LogP contribution in [-0.2, 0) is 17.6 Å². The van der Waals surface area contributed by atoms with E-state index in [0.29, 0.717) is 19.8 Å². The quantitative estimate of drug-likeness (QED) is 0.885. The first-order valence-corrected chi connectivity index (χ1v) is 6.66. The van der Waals surface area contributed by atoms with Gasteiger partial charge in [-0.3, -0.25) is 0 Å². The van der Waals surface area contributed by atoms with Crippen LogP contribution >= 0.6 is 0 Å². The minimum Gasteiger partial charge on any atom is -0.383 e. The summed E-state index contributed by atoms with van der Waals surface area (Å²) in [6, 6.07) is 8.97. The van der Waals surface area contributed by atoms with Gasteiger partial charge in [0.25, 0.3) is 0 Å². The van der Waals surface area contributed by atoms with Crippen LogP contribution in [0.4, 0.5) is 5.69 Å². The predicted molar refractivity (Wildman–Crippen MR) is 70.4 cm³/mol. The second kappa shape index (κ2) is 4.62. The zero-order valence-electron chi connectivity index (χ0n) is 10.5. The molecule has 0 spiro atoms. The largest absolute Gasteiger partial charge is 0.383 e. The zero-order valence-corrected chi connectivity index (χ0v) is 10.5. The Balaban J connectivity index is 1.68. The van der Waals surface area contributed by atoms with Crippen LogP contribution in [0.1, 0.15) is 24.0 Å². The molecule has 3 heteroatoms. The minimum absolute atomic E-state index is 0.310. The molecule has 1 heterocycles. The summed E-state index contributed by atoms with van der Waals surface area (Å²) >= 11 is 0. The lowest BCUT2D eigenvalue weighted by Crippen LogP contribution is -2.46. The van der Waals surface area contributed by atoms with Crippen LogP contribution in [0.2, 0.25) is 0 Å². The molecule has 2 aliphatic rings. The maximum Gasteiger partial charge on any atom is 0.121 e. The zero-order chi connectivity index (χ0) is 12.4. The van der Waals surface area contributed by atoms with Gasteiger partial charge in [-0.2, -0.15) is 5.26 Å². The first kappa shape index (κ1) is 11.6. The lowest BCUT2D eigenvalue weighted by molar-refractivity contribution is -0.0690. The molecule has 0 aromatic heterocycles. The Labute approximate surface area is 108 Å². The van der Waals surface area contributed by atoms with Crippen LogP contribution in [-0.4, -0.2) is 19.8 Å². The number of nitrogens with zero attached hydrogens (tertiary/aromatic N) is 1. The van der Waals surface area contributed by atoms with Crippen molar-refractivity contribution in [1.82, 2.24) is 0 Å². The molecule has 1 aromatic carbocycles. The van der Waals surface area contributed by atoms with Crippen LogP contribution in [0.25, 0.3) is 0 Å². The van der Waals surface area contributed by atoms with Crippen molar-refractivity contribution in [1.29, 1.82) is 5.26 Å². The van der Waals surface area contributed by atoms with Crippen molar-refractivity contribution in [2.75, 3.05) is 25.1 Å². The first-order valence-electron chi connectivity index (χ1n) is 6.66. The second-order valence-corrected chi connectivity index (χ2v) is 5.43. The Kier molecular flexibility index (Phi) is 2.97. The fraction of sp³-hybridized carbons (Fsp3) is 0.533. The molecule has 3 nitrogen and oxygen atoms in total. The summed E-state index contributed by atoms with van der Waals surface area (Å²) in [6.45, 7) is 1.80. The van der Waals surface area contributed by atoms with Gasteiger partial charge in [-0.05, 0) is 48.9 Å². The normalized spacial score (nSPS) is 20.4. The van der Waals surface area contributed by atoms with Crippen molar-refractivity contribution in [2.45, 2.75) is 25.7 Å². The number of aryl methyl sites for hydroxylation is 2. The smallest absolute Gasteiger partial charge is 0.121 e. The molecular formula is C15H18N2O. The number of nitrogens with one attached hydrogen (secondary N) is 1. The Morgan fingerprint density at radius 3 is 2.67 bits per heavy atom. The van der Waals surface area contributed by atoms with Gasteiger partial charge in [0, 0.05) is 12.2 Å². The van der Waals surface area contributed by atoms with E-state index in [1.807, 2.05) is 0 Å². The van der Waals surface area contributed by atoms with Crippen LogP contribution < -0.4 is 5.32 Å². The second-order valence-electron chi connectivity index (χ2n) is 5.43. The monoisotopic (exact) mass is 242 g/mol. The van der Waals surface area contributed by atoms with E-state index < -0.39 is 0 Å². The molecule has 1 N–H and O–H groups in total. The van der Waals surface area contributed by atoms with Crippen molar-refractivity contribution in [2.24, 2.45) is 5.41 Å². The maximum atomic E-state index is 9.14. The summed E-state index contributed by atoms with van der Waals surface area (Å²) in [4.78, 5) is 0. The third kappa shape index (κ3) is 2.09. The molecule has 1 aliphatic heterocycles. The number of fused-ring (bicyclic) bond motifs is 1. The van der Waals surface area contributed by atoms with Gasteiger partial charge in [0.15, 0.2) is 0 Å². The number of benzene rings is 1. The van der Waals surface area contributed by atoms with Gasteiger partial charge in [-0.25, -0.2) is 0 Å². The average molecular weight is 242 g/mol. The first-order chi connectivity index (χ1) is 8.81. The number of nitriles is 1. The van der Waals surface area contributed by atoms with Crippen molar-refractivity contribution in [3.05, 3.63) is 29.3 Å². The van der Waals surface area contributed by atoms with E-state index in [0.717, 1.165) is 5.69 Å². The highest BCUT2D eigenvalue weighted by Crippen LogP contribution is 2.28. The standard InChI is InChI=1S/C15H18N2O/c16-8-15(10-18-11-15)9-17-14-6-5-12-3-1-2-4-13(12)7-14/h5-7,17H,1-4,9-11H2. The SMILES string of the molecule is N#CC1(CNc2ccc3c(c2)CCCC3)COC1. The van der Waals surface area contributed by atoms with Gasteiger partial charge in [0.1, 0.15) is 5.41 Å². The highest BCUT2D eigenvalue weighted by Gasteiger charge is 2.38. The Morgan fingerprint density at radius 1 is 1.22 bits per heavy atom. The molecule has 0 saturated carbocycles. The molecule has 0 radical (unpaired) electrons. The summed E-state index contributed by atoms with van der Waals surface area (Å²) in [5.41, 5.74) is 3.80. The summed E-state index contributed by atoms with van der Waals surface area (Å²) in [5.74, 6) is 0. The summed E-state index contributed by atoms with van der Waals surface area (Å²) in [7, 11) is 0. The molecule has 0 atom stereocenters. The van der Waals surface area contributed by atoms with Crippen molar-refractivity contribution in [3.8, 4) is 6.07 Å².